The monoisotopic (exact) mass is 1030 g/mol. The topological polar surface area (TPSA) is 155 Å². The molecular weight excluding hydrogens is 928 g/mol. The molecule has 72 heavy (non-hydrogen) atoms. The fraction of sp³-hybridized carbons (Fsp3) is 0.783. The van der Waals surface area contributed by atoms with Crippen LogP contribution in [0.2, 0.25) is 0 Å². The Morgan fingerprint density at radius 1 is 0.403 bits per heavy atom. The third-order valence-electron chi connectivity index (χ3n) is 12.4. The Morgan fingerprint density at radius 3 is 1.17 bits per heavy atom. The number of aliphatic hydroxyl groups is 1. The van der Waals surface area contributed by atoms with Crippen molar-refractivity contribution >= 4 is 25.7 Å². The number of ether oxygens (including phenoxy) is 3. The van der Waals surface area contributed by atoms with Crippen LogP contribution in [0.25, 0.3) is 0 Å². The van der Waals surface area contributed by atoms with Gasteiger partial charge in [0, 0.05) is 19.3 Å². The van der Waals surface area contributed by atoms with Crippen LogP contribution >= 0.6 is 7.82 Å². The predicted molar refractivity (Wildman–Crippen MR) is 298 cm³/mol. The van der Waals surface area contributed by atoms with Crippen LogP contribution in [0.5, 0.6) is 0 Å². The average Bonchev–Trinajstić information content (AvgIpc) is 3.37. The largest absolute Gasteiger partial charge is 0.472 e. The molecule has 0 saturated carbocycles. The van der Waals surface area contributed by atoms with E-state index in [2.05, 4.69) is 81.5 Å². The zero-order valence-electron chi connectivity index (χ0n) is 46.1. The van der Waals surface area contributed by atoms with E-state index in [1.54, 1.807) is 0 Å². The summed E-state index contributed by atoms with van der Waals surface area (Å²) in [6.45, 7) is 4.48. The molecule has 418 valence electrons. The molecule has 11 nitrogen and oxygen atoms in total. The molecule has 0 spiro atoms. The third-order valence-corrected chi connectivity index (χ3v) is 13.3. The maximum absolute atomic E-state index is 12.9. The molecule has 3 unspecified atom stereocenters. The zero-order chi connectivity index (χ0) is 52.7. The number of aliphatic hydroxyl groups excluding tert-OH is 1. The lowest BCUT2D eigenvalue weighted by molar-refractivity contribution is -0.161. The molecule has 3 atom stereocenters. The van der Waals surface area contributed by atoms with Crippen molar-refractivity contribution in [3.8, 4) is 0 Å². The van der Waals surface area contributed by atoms with Gasteiger partial charge in [0.1, 0.15) is 12.7 Å². The standard InChI is InChI=1S/C60H107O11P/c1-4-7-10-13-16-19-22-24-26-28-30-32-35-37-40-43-46-49-58(62)67-53-57(71-60(64)51-48-45-42-39-36-33-31-29-27-25-23-20-17-14-11-8-5-2)55-69-72(65,66)68-54-56(52-61)70-59(63)50-47-44-41-38-34-21-18-15-12-9-6-3/h8,11,15,17-18,20,24-27,56-57,61H,4-7,9-10,12-14,16,19,21-23,28-55H2,1-3H3,(H,65,66)/b11-8-,18-15-,20-17-,26-24-,27-25-. The van der Waals surface area contributed by atoms with Gasteiger partial charge >= 0.3 is 25.7 Å². The summed E-state index contributed by atoms with van der Waals surface area (Å²) in [6.07, 6.45) is 58.9. The van der Waals surface area contributed by atoms with Crippen molar-refractivity contribution < 1.29 is 52.2 Å². The Kier molecular flexibility index (Phi) is 52.3. The molecule has 0 fully saturated rings. The second-order valence-corrected chi connectivity index (χ2v) is 20.9. The van der Waals surface area contributed by atoms with Gasteiger partial charge in [-0.1, -0.05) is 210 Å². The minimum atomic E-state index is -4.75. The first-order chi connectivity index (χ1) is 35.2. The second kappa shape index (κ2) is 54.4. The molecule has 0 rings (SSSR count). The highest BCUT2D eigenvalue weighted by molar-refractivity contribution is 7.47. The van der Waals surface area contributed by atoms with Gasteiger partial charge in [0.2, 0.25) is 0 Å². The van der Waals surface area contributed by atoms with Crippen LogP contribution in [0.3, 0.4) is 0 Å². The number of phosphoric acid groups is 1. The summed E-state index contributed by atoms with van der Waals surface area (Å²) in [5.41, 5.74) is 0. The second-order valence-electron chi connectivity index (χ2n) is 19.4. The van der Waals surface area contributed by atoms with E-state index in [0.29, 0.717) is 19.3 Å². The summed E-state index contributed by atoms with van der Waals surface area (Å²) in [5, 5.41) is 9.79. The van der Waals surface area contributed by atoms with Crippen LogP contribution in [-0.2, 0) is 42.2 Å². The fourth-order valence-electron chi connectivity index (χ4n) is 7.93. The van der Waals surface area contributed by atoms with Gasteiger partial charge in [0.05, 0.1) is 19.8 Å². The van der Waals surface area contributed by atoms with E-state index >= 15 is 0 Å². The first-order valence-corrected chi connectivity index (χ1v) is 30.7. The molecule has 0 aromatic rings. The number of esters is 3. The SMILES string of the molecule is CC/C=C\C/C=C\C/C=C\CCCCCCCCCC(=O)OC(COC(=O)CCCCCCCCC/C=C\CCCCCCCC)COP(=O)(O)OCC(CO)OC(=O)CCCCCCC/C=C\CCCC. The Morgan fingerprint density at radius 2 is 0.736 bits per heavy atom. The van der Waals surface area contributed by atoms with Crippen LogP contribution < -0.4 is 0 Å². The Balaban J connectivity index is 4.74. The number of allylic oxidation sites excluding steroid dienone is 10. The van der Waals surface area contributed by atoms with Gasteiger partial charge in [-0.2, -0.15) is 0 Å². The van der Waals surface area contributed by atoms with Crippen molar-refractivity contribution in [2.45, 2.75) is 277 Å². The number of hydrogen-bond acceptors (Lipinski definition) is 10. The summed E-state index contributed by atoms with van der Waals surface area (Å²) < 4.78 is 39.5. The summed E-state index contributed by atoms with van der Waals surface area (Å²) in [7, 11) is -4.75. The van der Waals surface area contributed by atoms with Gasteiger partial charge in [-0.05, 0) is 96.3 Å². The van der Waals surface area contributed by atoms with Crippen LogP contribution in [0, 0.1) is 0 Å². The van der Waals surface area contributed by atoms with Gasteiger partial charge in [-0.15, -0.1) is 0 Å². The van der Waals surface area contributed by atoms with Gasteiger partial charge < -0.3 is 24.2 Å². The number of hydrogen-bond donors (Lipinski definition) is 2. The van der Waals surface area contributed by atoms with Crippen molar-refractivity contribution in [2.75, 3.05) is 26.4 Å². The van der Waals surface area contributed by atoms with Crippen molar-refractivity contribution in [3.05, 3.63) is 60.8 Å². The van der Waals surface area contributed by atoms with E-state index in [9.17, 15) is 28.9 Å². The number of unbranched alkanes of at least 4 members (excludes halogenated alkanes) is 27. The van der Waals surface area contributed by atoms with Crippen molar-refractivity contribution in [1.82, 2.24) is 0 Å². The maximum Gasteiger partial charge on any atom is 0.472 e. The fourth-order valence-corrected chi connectivity index (χ4v) is 8.72. The molecule has 0 bridgehead atoms. The highest BCUT2D eigenvalue weighted by Crippen LogP contribution is 2.43. The number of carbonyl (C=O) groups is 3. The Labute approximate surface area is 440 Å². The minimum Gasteiger partial charge on any atom is -0.462 e. The van der Waals surface area contributed by atoms with Gasteiger partial charge in [0.15, 0.2) is 6.10 Å². The van der Waals surface area contributed by atoms with E-state index in [1.807, 2.05) is 0 Å². The number of phosphoric ester groups is 1. The van der Waals surface area contributed by atoms with E-state index < -0.39 is 57.8 Å². The molecule has 0 saturated heterocycles. The van der Waals surface area contributed by atoms with Crippen molar-refractivity contribution in [2.24, 2.45) is 0 Å². The van der Waals surface area contributed by atoms with Gasteiger partial charge in [-0.25, -0.2) is 4.57 Å². The molecule has 0 aromatic heterocycles. The highest BCUT2D eigenvalue weighted by Gasteiger charge is 2.28. The normalized spacial score (nSPS) is 13.8. The molecule has 0 heterocycles. The lowest BCUT2D eigenvalue weighted by Crippen LogP contribution is -2.30. The van der Waals surface area contributed by atoms with Crippen LogP contribution in [0.4, 0.5) is 0 Å². The van der Waals surface area contributed by atoms with Crippen LogP contribution in [-0.4, -0.2) is 66.5 Å². The first-order valence-electron chi connectivity index (χ1n) is 29.2. The minimum absolute atomic E-state index is 0.155. The molecule has 0 radical (unpaired) electrons. The van der Waals surface area contributed by atoms with Crippen LogP contribution in [0.15, 0.2) is 60.8 Å². The van der Waals surface area contributed by atoms with E-state index in [4.69, 9.17) is 23.3 Å². The summed E-state index contributed by atoms with van der Waals surface area (Å²) in [4.78, 5) is 48.5. The van der Waals surface area contributed by atoms with E-state index in [-0.39, 0.29) is 25.9 Å². The first kappa shape index (κ1) is 69.2. The lowest BCUT2D eigenvalue weighted by atomic mass is 10.1. The maximum atomic E-state index is 12.9. The molecule has 0 aliphatic heterocycles. The molecule has 0 aliphatic carbocycles. The van der Waals surface area contributed by atoms with Crippen molar-refractivity contribution in [1.29, 1.82) is 0 Å². The molecule has 0 aromatic carbocycles. The predicted octanol–water partition coefficient (Wildman–Crippen LogP) is 17.1. The average molecular weight is 1040 g/mol. The van der Waals surface area contributed by atoms with E-state index in [0.717, 1.165) is 122 Å². The molecule has 12 heteroatoms. The zero-order valence-corrected chi connectivity index (χ0v) is 47.0. The quantitative estimate of drug-likeness (QED) is 0.0197. The number of rotatable bonds is 54. The third kappa shape index (κ3) is 52.1. The van der Waals surface area contributed by atoms with Crippen LogP contribution in [0.1, 0.15) is 265 Å². The highest BCUT2D eigenvalue weighted by atomic mass is 31.2. The lowest BCUT2D eigenvalue weighted by Gasteiger charge is -2.21. The smallest absolute Gasteiger partial charge is 0.462 e. The Bertz CT molecular complexity index is 1440. The summed E-state index contributed by atoms with van der Waals surface area (Å²) in [5.74, 6) is -1.48. The molecule has 0 aliphatic rings. The Hall–Kier alpha value is -2.82. The summed E-state index contributed by atoms with van der Waals surface area (Å²) in [6, 6.07) is 0. The number of carbonyl (C=O) groups excluding carboxylic acids is 3. The van der Waals surface area contributed by atoms with Gasteiger partial charge in [0.25, 0.3) is 0 Å². The van der Waals surface area contributed by atoms with Gasteiger partial charge in [-0.3, -0.25) is 23.4 Å². The molecule has 0 amide bonds. The van der Waals surface area contributed by atoms with Crippen molar-refractivity contribution in [3.63, 3.8) is 0 Å². The summed E-state index contributed by atoms with van der Waals surface area (Å²) >= 11 is 0. The molecular formula is C60H107O11P. The van der Waals surface area contributed by atoms with E-state index in [1.165, 1.54) is 83.5 Å². The molecule has 2 N–H and O–H groups in total.